The Hall–Kier alpha value is -1.74. The summed E-state index contributed by atoms with van der Waals surface area (Å²) in [5.74, 6) is -0.189. The fourth-order valence-electron chi connectivity index (χ4n) is 2.86. The first-order valence-corrected chi connectivity index (χ1v) is 8.72. The lowest BCUT2D eigenvalue weighted by Gasteiger charge is -2.34. The Kier molecular flexibility index (Phi) is 5.39. The first-order chi connectivity index (χ1) is 11.2. The van der Waals surface area contributed by atoms with Gasteiger partial charge in [0.15, 0.2) is 0 Å². The molecule has 0 aliphatic carbocycles. The number of halogens is 1. The molecule has 23 heavy (non-hydrogen) atoms. The number of nitriles is 1. The standard InChI is InChI=1S/C18H20FN3S/c19-16-4-1-3-15(13-16)18-6-5-17(23-18)14-22-11-9-21(10-12-22)8-2-7-20/h1,3-6,13H,2,8-12,14H2. The molecule has 0 bridgehead atoms. The quantitative estimate of drug-likeness (QED) is 0.840. The normalized spacial score (nSPS) is 16.3. The summed E-state index contributed by atoms with van der Waals surface area (Å²) in [5.41, 5.74) is 0.947. The lowest BCUT2D eigenvalue weighted by atomic mass is 10.2. The van der Waals surface area contributed by atoms with Gasteiger partial charge in [0.2, 0.25) is 0 Å². The van der Waals surface area contributed by atoms with Crippen molar-refractivity contribution in [3.63, 3.8) is 0 Å². The zero-order valence-electron chi connectivity index (χ0n) is 13.0. The van der Waals surface area contributed by atoms with Gasteiger partial charge < -0.3 is 0 Å². The van der Waals surface area contributed by atoms with E-state index in [2.05, 4.69) is 28.0 Å². The Labute approximate surface area is 140 Å². The van der Waals surface area contributed by atoms with Crippen LogP contribution in [0.15, 0.2) is 36.4 Å². The Morgan fingerprint density at radius 2 is 1.87 bits per heavy atom. The molecule has 0 spiro atoms. The van der Waals surface area contributed by atoms with Crippen LogP contribution in [0.1, 0.15) is 11.3 Å². The third kappa shape index (κ3) is 4.38. The van der Waals surface area contributed by atoms with Crippen molar-refractivity contribution in [1.29, 1.82) is 5.26 Å². The van der Waals surface area contributed by atoms with E-state index in [9.17, 15) is 4.39 Å². The molecule has 2 heterocycles. The molecule has 0 N–H and O–H groups in total. The molecule has 0 atom stereocenters. The SMILES string of the molecule is N#CCCN1CCN(Cc2ccc(-c3cccc(F)c3)s2)CC1. The van der Waals surface area contributed by atoms with E-state index in [1.807, 2.05) is 6.07 Å². The number of piperazine rings is 1. The lowest BCUT2D eigenvalue weighted by Crippen LogP contribution is -2.45. The molecular formula is C18H20FN3S. The van der Waals surface area contributed by atoms with Crippen LogP contribution in [0.2, 0.25) is 0 Å². The van der Waals surface area contributed by atoms with Crippen molar-refractivity contribution in [3.05, 3.63) is 47.1 Å². The van der Waals surface area contributed by atoms with Crippen LogP contribution in [0, 0.1) is 17.1 Å². The number of benzene rings is 1. The second-order valence-corrected chi connectivity index (χ2v) is 6.97. The number of hydrogen-bond acceptors (Lipinski definition) is 4. The monoisotopic (exact) mass is 329 g/mol. The van der Waals surface area contributed by atoms with Crippen LogP contribution in [-0.2, 0) is 6.54 Å². The van der Waals surface area contributed by atoms with E-state index in [4.69, 9.17) is 5.26 Å². The first kappa shape index (κ1) is 16.1. The zero-order valence-corrected chi connectivity index (χ0v) is 13.9. The van der Waals surface area contributed by atoms with Gasteiger partial charge in [-0.1, -0.05) is 12.1 Å². The Morgan fingerprint density at radius 1 is 1.09 bits per heavy atom. The Balaban J connectivity index is 1.55. The van der Waals surface area contributed by atoms with Crippen LogP contribution >= 0.6 is 11.3 Å². The number of rotatable bonds is 5. The van der Waals surface area contributed by atoms with Gasteiger partial charge in [0, 0.05) is 55.4 Å². The van der Waals surface area contributed by atoms with Crippen molar-refractivity contribution in [2.24, 2.45) is 0 Å². The van der Waals surface area contributed by atoms with Crippen molar-refractivity contribution < 1.29 is 4.39 Å². The molecule has 1 fully saturated rings. The molecule has 120 valence electrons. The highest BCUT2D eigenvalue weighted by Gasteiger charge is 2.17. The number of hydrogen-bond donors (Lipinski definition) is 0. The molecule has 1 aliphatic heterocycles. The zero-order chi connectivity index (χ0) is 16.1. The number of nitrogens with zero attached hydrogens (tertiary/aromatic N) is 3. The molecule has 3 nitrogen and oxygen atoms in total. The van der Waals surface area contributed by atoms with E-state index in [1.54, 1.807) is 23.5 Å². The van der Waals surface area contributed by atoms with Crippen molar-refractivity contribution >= 4 is 11.3 Å². The van der Waals surface area contributed by atoms with E-state index < -0.39 is 0 Å². The van der Waals surface area contributed by atoms with Crippen molar-refractivity contribution in [2.75, 3.05) is 32.7 Å². The topological polar surface area (TPSA) is 30.3 Å². The maximum atomic E-state index is 13.3. The molecule has 1 aromatic carbocycles. The van der Waals surface area contributed by atoms with E-state index in [1.165, 1.54) is 10.9 Å². The average Bonchev–Trinajstić information content (AvgIpc) is 3.03. The average molecular weight is 329 g/mol. The summed E-state index contributed by atoms with van der Waals surface area (Å²) in [7, 11) is 0. The van der Waals surface area contributed by atoms with E-state index in [0.29, 0.717) is 6.42 Å². The van der Waals surface area contributed by atoms with Gasteiger partial charge in [-0.05, 0) is 29.8 Å². The van der Waals surface area contributed by atoms with Crippen LogP contribution in [0.4, 0.5) is 4.39 Å². The molecule has 1 saturated heterocycles. The Bertz CT molecular complexity index is 684. The molecule has 0 amide bonds. The minimum Gasteiger partial charge on any atom is -0.300 e. The van der Waals surface area contributed by atoms with Crippen LogP contribution in [0.3, 0.4) is 0 Å². The van der Waals surface area contributed by atoms with E-state index in [0.717, 1.165) is 49.7 Å². The van der Waals surface area contributed by atoms with E-state index >= 15 is 0 Å². The summed E-state index contributed by atoms with van der Waals surface area (Å²) in [5, 5.41) is 8.65. The van der Waals surface area contributed by atoms with Crippen LogP contribution < -0.4 is 0 Å². The van der Waals surface area contributed by atoms with Gasteiger partial charge in [-0.2, -0.15) is 5.26 Å². The molecule has 2 aromatic rings. The van der Waals surface area contributed by atoms with E-state index in [-0.39, 0.29) is 5.82 Å². The fraction of sp³-hybridized carbons (Fsp3) is 0.389. The maximum absolute atomic E-state index is 13.3. The summed E-state index contributed by atoms with van der Waals surface area (Å²) in [6.45, 7) is 5.98. The van der Waals surface area contributed by atoms with Crippen molar-refractivity contribution in [1.82, 2.24) is 9.80 Å². The predicted octanol–water partition coefficient (Wildman–Crippen LogP) is 3.59. The first-order valence-electron chi connectivity index (χ1n) is 7.91. The predicted molar refractivity (Wildman–Crippen MR) is 91.7 cm³/mol. The summed E-state index contributed by atoms with van der Waals surface area (Å²) in [4.78, 5) is 7.23. The molecule has 0 unspecified atom stereocenters. The minimum absolute atomic E-state index is 0.189. The lowest BCUT2D eigenvalue weighted by molar-refractivity contribution is 0.130. The van der Waals surface area contributed by atoms with Gasteiger partial charge in [-0.25, -0.2) is 4.39 Å². The molecule has 5 heteroatoms. The highest BCUT2D eigenvalue weighted by atomic mass is 32.1. The highest BCUT2D eigenvalue weighted by Crippen LogP contribution is 2.29. The van der Waals surface area contributed by atoms with Gasteiger partial charge in [-0.15, -0.1) is 11.3 Å². The molecular weight excluding hydrogens is 309 g/mol. The summed E-state index contributed by atoms with van der Waals surface area (Å²) in [6, 6.07) is 13.2. The van der Waals surface area contributed by atoms with Crippen molar-refractivity contribution in [2.45, 2.75) is 13.0 Å². The maximum Gasteiger partial charge on any atom is 0.123 e. The van der Waals surface area contributed by atoms with Crippen LogP contribution in [0.5, 0.6) is 0 Å². The highest BCUT2D eigenvalue weighted by molar-refractivity contribution is 7.15. The third-order valence-corrected chi connectivity index (χ3v) is 5.27. The van der Waals surface area contributed by atoms with Gasteiger partial charge in [0.05, 0.1) is 6.07 Å². The smallest absolute Gasteiger partial charge is 0.123 e. The molecule has 1 aromatic heterocycles. The largest absolute Gasteiger partial charge is 0.300 e. The molecule has 3 rings (SSSR count). The molecule has 0 radical (unpaired) electrons. The molecule has 0 saturated carbocycles. The van der Waals surface area contributed by atoms with Crippen molar-refractivity contribution in [3.8, 4) is 16.5 Å². The second kappa shape index (κ2) is 7.69. The summed E-state index contributed by atoms with van der Waals surface area (Å²) >= 11 is 1.74. The minimum atomic E-state index is -0.189. The number of thiophene rings is 1. The van der Waals surface area contributed by atoms with Gasteiger partial charge in [0.1, 0.15) is 5.82 Å². The van der Waals surface area contributed by atoms with Gasteiger partial charge >= 0.3 is 0 Å². The van der Waals surface area contributed by atoms with Gasteiger partial charge in [0.25, 0.3) is 0 Å². The summed E-state index contributed by atoms with van der Waals surface area (Å²) < 4.78 is 13.3. The fourth-order valence-corrected chi connectivity index (χ4v) is 3.91. The van der Waals surface area contributed by atoms with Crippen LogP contribution in [-0.4, -0.2) is 42.5 Å². The molecule has 1 aliphatic rings. The second-order valence-electron chi connectivity index (χ2n) is 5.80. The summed E-state index contributed by atoms with van der Waals surface area (Å²) in [6.07, 6.45) is 0.613. The third-order valence-electron chi connectivity index (χ3n) is 4.15. The Morgan fingerprint density at radius 3 is 2.61 bits per heavy atom. The van der Waals surface area contributed by atoms with Gasteiger partial charge in [-0.3, -0.25) is 9.80 Å². The van der Waals surface area contributed by atoms with Crippen LogP contribution in [0.25, 0.3) is 10.4 Å².